The first-order valence-electron chi connectivity index (χ1n) is 5.43. The van der Waals surface area contributed by atoms with Crippen LogP contribution in [0.25, 0.3) is 0 Å². The van der Waals surface area contributed by atoms with Gasteiger partial charge in [0.25, 0.3) is 0 Å². The molecule has 86 valence electrons. The predicted molar refractivity (Wildman–Crippen MR) is 67.7 cm³/mol. The van der Waals surface area contributed by atoms with Gasteiger partial charge in [-0.05, 0) is 32.0 Å². The van der Waals surface area contributed by atoms with Gasteiger partial charge >= 0.3 is 0 Å². The van der Waals surface area contributed by atoms with Crippen LogP contribution in [0.2, 0.25) is 0 Å². The first-order chi connectivity index (χ1) is 8.20. The molecule has 0 saturated heterocycles. The Morgan fingerprint density at radius 3 is 2.88 bits per heavy atom. The number of nitrogens with zero attached hydrogens (tertiary/aromatic N) is 1. The second-order valence-corrected chi connectivity index (χ2v) is 3.88. The van der Waals surface area contributed by atoms with Crippen molar-refractivity contribution in [1.82, 2.24) is 5.16 Å². The van der Waals surface area contributed by atoms with Crippen LogP contribution in [-0.2, 0) is 6.54 Å². The standard InChI is InChI=1S/C14H14N2O/c1-4-12-6-5-7-13(8-12)15-9-14-10(2)16-17-11(14)3/h1,5-8,15H,9H2,2-3H3. The molecular formula is C14H14N2O. The summed E-state index contributed by atoms with van der Waals surface area (Å²) in [7, 11) is 0. The van der Waals surface area contributed by atoms with Crippen LogP contribution in [0.3, 0.4) is 0 Å². The number of rotatable bonds is 3. The summed E-state index contributed by atoms with van der Waals surface area (Å²) in [6.45, 7) is 4.54. The maximum Gasteiger partial charge on any atom is 0.138 e. The van der Waals surface area contributed by atoms with Crippen molar-refractivity contribution >= 4 is 5.69 Å². The fourth-order valence-electron chi connectivity index (χ4n) is 1.66. The molecule has 0 spiro atoms. The molecule has 0 atom stereocenters. The average molecular weight is 226 g/mol. The summed E-state index contributed by atoms with van der Waals surface area (Å²) in [6.07, 6.45) is 5.35. The maximum absolute atomic E-state index is 5.35. The molecular weight excluding hydrogens is 212 g/mol. The van der Waals surface area contributed by atoms with E-state index < -0.39 is 0 Å². The molecule has 0 radical (unpaired) electrons. The highest BCUT2D eigenvalue weighted by atomic mass is 16.5. The van der Waals surface area contributed by atoms with Crippen LogP contribution < -0.4 is 5.32 Å². The Bertz CT molecular complexity index is 544. The molecule has 1 aromatic carbocycles. The first kappa shape index (κ1) is 11.3. The largest absolute Gasteiger partial charge is 0.381 e. The highest BCUT2D eigenvalue weighted by Gasteiger charge is 2.07. The molecule has 0 aliphatic heterocycles. The smallest absolute Gasteiger partial charge is 0.138 e. The molecule has 1 aromatic heterocycles. The molecule has 0 unspecified atom stereocenters. The molecule has 1 heterocycles. The maximum atomic E-state index is 5.35. The van der Waals surface area contributed by atoms with Gasteiger partial charge in [0.2, 0.25) is 0 Å². The van der Waals surface area contributed by atoms with Crippen molar-refractivity contribution in [3.63, 3.8) is 0 Å². The third kappa shape index (κ3) is 2.48. The molecule has 2 aromatic rings. The topological polar surface area (TPSA) is 38.1 Å². The Balaban J connectivity index is 2.10. The summed E-state index contributed by atoms with van der Waals surface area (Å²) in [4.78, 5) is 0. The van der Waals surface area contributed by atoms with Crippen LogP contribution in [0.5, 0.6) is 0 Å². The Morgan fingerprint density at radius 1 is 1.41 bits per heavy atom. The van der Waals surface area contributed by atoms with Crippen LogP contribution in [0.4, 0.5) is 5.69 Å². The van der Waals surface area contributed by atoms with Crippen molar-refractivity contribution in [2.75, 3.05) is 5.32 Å². The SMILES string of the molecule is C#Cc1cccc(NCc2c(C)noc2C)c1. The Hall–Kier alpha value is -2.21. The monoisotopic (exact) mass is 226 g/mol. The minimum atomic E-state index is 0.690. The summed E-state index contributed by atoms with van der Waals surface area (Å²) in [5.41, 5.74) is 3.88. The minimum Gasteiger partial charge on any atom is -0.381 e. The van der Waals surface area contributed by atoms with E-state index in [1.54, 1.807) is 0 Å². The second-order valence-electron chi connectivity index (χ2n) is 3.88. The van der Waals surface area contributed by atoms with Crippen molar-refractivity contribution in [2.45, 2.75) is 20.4 Å². The second kappa shape index (κ2) is 4.75. The molecule has 0 aliphatic carbocycles. The molecule has 0 amide bonds. The third-order valence-electron chi connectivity index (χ3n) is 2.68. The Kier molecular flexibility index (Phi) is 3.15. The number of hydrogen-bond donors (Lipinski definition) is 1. The molecule has 0 saturated carbocycles. The van der Waals surface area contributed by atoms with Gasteiger partial charge in [0.15, 0.2) is 0 Å². The van der Waals surface area contributed by atoms with Gasteiger partial charge in [-0.2, -0.15) is 0 Å². The number of aryl methyl sites for hydroxylation is 2. The lowest BCUT2D eigenvalue weighted by molar-refractivity contribution is 0.392. The van der Waals surface area contributed by atoms with Gasteiger partial charge < -0.3 is 9.84 Å². The summed E-state index contributed by atoms with van der Waals surface area (Å²) in [5, 5.41) is 7.22. The fraction of sp³-hybridized carbons (Fsp3) is 0.214. The molecule has 0 aliphatic rings. The van der Waals surface area contributed by atoms with E-state index in [0.717, 1.165) is 28.3 Å². The van der Waals surface area contributed by atoms with Gasteiger partial charge in [0.1, 0.15) is 5.76 Å². The average Bonchev–Trinajstić information content (AvgIpc) is 2.67. The lowest BCUT2D eigenvalue weighted by Crippen LogP contribution is -2.01. The molecule has 0 fully saturated rings. The molecule has 3 heteroatoms. The molecule has 3 nitrogen and oxygen atoms in total. The van der Waals surface area contributed by atoms with Gasteiger partial charge in [-0.3, -0.25) is 0 Å². The van der Waals surface area contributed by atoms with Gasteiger partial charge in [0.05, 0.1) is 5.69 Å². The van der Waals surface area contributed by atoms with Crippen molar-refractivity contribution in [1.29, 1.82) is 0 Å². The van der Waals surface area contributed by atoms with E-state index in [0.29, 0.717) is 6.54 Å². The minimum absolute atomic E-state index is 0.690. The number of nitrogens with one attached hydrogen (secondary N) is 1. The van der Waals surface area contributed by atoms with Crippen LogP contribution in [-0.4, -0.2) is 5.16 Å². The summed E-state index contributed by atoms with van der Waals surface area (Å²) in [6, 6.07) is 7.77. The van der Waals surface area contributed by atoms with E-state index >= 15 is 0 Å². The van der Waals surface area contributed by atoms with Crippen LogP contribution in [0.1, 0.15) is 22.6 Å². The number of benzene rings is 1. The van der Waals surface area contributed by atoms with Gasteiger partial charge in [-0.25, -0.2) is 0 Å². The lowest BCUT2D eigenvalue weighted by Gasteiger charge is -2.06. The van der Waals surface area contributed by atoms with Crippen molar-refractivity contribution in [2.24, 2.45) is 0 Å². The van der Waals surface area contributed by atoms with E-state index in [9.17, 15) is 0 Å². The van der Waals surface area contributed by atoms with Crippen molar-refractivity contribution in [3.8, 4) is 12.3 Å². The molecule has 1 N–H and O–H groups in total. The zero-order chi connectivity index (χ0) is 12.3. The number of anilines is 1. The Labute approximate surface area is 101 Å². The molecule has 0 bridgehead atoms. The van der Waals surface area contributed by atoms with Crippen molar-refractivity contribution in [3.05, 3.63) is 46.8 Å². The van der Waals surface area contributed by atoms with Gasteiger partial charge in [-0.1, -0.05) is 17.1 Å². The highest BCUT2D eigenvalue weighted by Crippen LogP contribution is 2.16. The van der Waals surface area contributed by atoms with Crippen LogP contribution in [0.15, 0.2) is 28.8 Å². The summed E-state index contributed by atoms with van der Waals surface area (Å²) >= 11 is 0. The predicted octanol–water partition coefficient (Wildman–Crippen LogP) is 2.88. The van der Waals surface area contributed by atoms with E-state index in [1.807, 2.05) is 38.1 Å². The molecule has 2 rings (SSSR count). The fourth-order valence-corrected chi connectivity index (χ4v) is 1.66. The summed E-state index contributed by atoms with van der Waals surface area (Å²) < 4.78 is 5.11. The van der Waals surface area contributed by atoms with E-state index in [4.69, 9.17) is 10.9 Å². The van der Waals surface area contributed by atoms with Crippen LogP contribution in [0, 0.1) is 26.2 Å². The molecule has 17 heavy (non-hydrogen) atoms. The Morgan fingerprint density at radius 2 is 2.24 bits per heavy atom. The van der Waals surface area contributed by atoms with E-state index in [-0.39, 0.29) is 0 Å². The van der Waals surface area contributed by atoms with Crippen LogP contribution >= 0.6 is 0 Å². The first-order valence-corrected chi connectivity index (χ1v) is 5.43. The number of aromatic nitrogens is 1. The third-order valence-corrected chi connectivity index (χ3v) is 2.68. The van der Waals surface area contributed by atoms with Crippen molar-refractivity contribution < 1.29 is 4.52 Å². The lowest BCUT2D eigenvalue weighted by atomic mass is 10.2. The van der Waals surface area contributed by atoms with E-state index in [2.05, 4.69) is 16.4 Å². The van der Waals surface area contributed by atoms with E-state index in [1.165, 1.54) is 0 Å². The number of hydrogen-bond acceptors (Lipinski definition) is 3. The summed E-state index contributed by atoms with van der Waals surface area (Å²) in [5.74, 6) is 3.46. The van der Waals surface area contributed by atoms with Gasteiger partial charge in [-0.15, -0.1) is 6.42 Å². The highest BCUT2D eigenvalue weighted by molar-refractivity contribution is 5.50. The quantitative estimate of drug-likeness (QED) is 0.818. The van der Waals surface area contributed by atoms with Gasteiger partial charge in [0, 0.05) is 23.4 Å². The zero-order valence-corrected chi connectivity index (χ0v) is 9.95. The zero-order valence-electron chi connectivity index (χ0n) is 9.95. The number of terminal acetylenes is 1. The normalized spacial score (nSPS) is 9.94.